The van der Waals surface area contributed by atoms with Gasteiger partial charge >= 0.3 is 19.8 Å². The summed E-state index contributed by atoms with van der Waals surface area (Å²) in [5.41, 5.74) is 0. The average Bonchev–Trinajstić information content (AvgIpc) is 3.14. The number of unbranched alkanes of at least 4 members (excludes halogenated alkanes) is 28. The van der Waals surface area contributed by atoms with E-state index >= 15 is 0 Å². The lowest BCUT2D eigenvalue weighted by molar-refractivity contribution is -0.161. The molecule has 0 unspecified atom stereocenters. The molecule has 2 N–H and O–H groups in total. The maximum absolute atomic E-state index is 12.4. The molecule has 0 amide bonds. The first kappa shape index (κ1) is 52.5. The summed E-state index contributed by atoms with van der Waals surface area (Å²) >= 11 is 0. The third-order valence-corrected chi connectivity index (χ3v) is 10.4. The van der Waals surface area contributed by atoms with E-state index < -0.39 is 32.5 Å². The number of ether oxygens (including phenoxy) is 2. The van der Waals surface area contributed by atoms with Crippen molar-refractivity contribution >= 4 is 19.8 Å². The Bertz CT molecular complexity index is 931. The van der Waals surface area contributed by atoms with Crippen molar-refractivity contribution in [1.82, 2.24) is 0 Å². The second-order valence-corrected chi connectivity index (χ2v) is 16.6. The van der Waals surface area contributed by atoms with Gasteiger partial charge in [0.2, 0.25) is 0 Å². The van der Waals surface area contributed by atoms with Crippen molar-refractivity contribution in [2.45, 2.75) is 238 Å². The molecule has 0 spiro atoms. The van der Waals surface area contributed by atoms with Gasteiger partial charge < -0.3 is 19.3 Å². The van der Waals surface area contributed by atoms with E-state index in [1.807, 2.05) is 0 Å². The van der Waals surface area contributed by atoms with E-state index in [1.165, 1.54) is 154 Å². The number of allylic oxidation sites excluding steroid dienone is 4. The van der Waals surface area contributed by atoms with Gasteiger partial charge in [-0.15, -0.1) is 0 Å². The molecule has 1 atom stereocenters. The van der Waals surface area contributed by atoms with Crippen LogP contribution >= 0.6 is 7.82 Å². The van der Waals surface area contributed by atoms with E-state index in [1.54, 1.807) is 0 Å². The first-order valence-corrected chi connectivity index (χ1v) is 24.2. The fourth-order valence-corrected chi connectivity index (χ4v) is 6.90. The smallest absolute Gasteiger partial charge is 0.462 e. The van der Waals surface area contributed by atoms with Crippen LogP contribution in [0.4, 0.5) is 0 Å². The zero-order valence-corrected chi connectivity index (χ0v) is 36.0. The predicted molar refractivity (Wildman–Crippen MR) is 225 cm³/mol. The van der Waals surface area contributed by atoms with Gasteiger partial charge in [-0.05, 0) is 64.2 Å². The first-order chi connectivity index (χ1) is 26.3. The number of esters is 2. The van der Waals surface area contributed by atoms with Crippen LogP contribution in [-0.2, 0) is 28.2 Å². The van der Waals surface area contributed by atoms with Crippen molar-refractivity contribution in [3.63, 3.8) is 0 Å². The third kappa shape index (κ3) is 43.3. The molecule has 0 aliphatic rings. The topological polar surface area (TPSA) is 119 Å². The van der Waals surface area contributed by atoms with Crippen molar-refractivity contribution in [3.05, 3.63) is 24.3 Å². The van der Waals surface area contributed by atoms with Gasteiger partial charge in [-0.1, -0.05) is 179 Å². The Morgan fingerprint density at radius 2 is 0.778 bits per heavy atom. The van der Waals surface area contributed by atoms with Crippen molar-refractivity contribution in [2.24, 2.45) is 0 Å². The van der Waals surface area contributed by atoms with Crippen LogP contribution in [0.3, 0.4) is 0 Å². The lowest BCUT2D eigenvalue weighted by atomic mass is 10.1. The number of hydrogen-bond acceptors (Lipinski definition) is 6. The molecule has 0 aromatic carbocycles. The van der Waals surface area contributed by atoms with E-state index in [0.717, 1.165) is 44.9 Å². The van der Waals surface area contributed by atoms with Crippen LogP contribution in [0.25, 0.3) is 0 Å². The molecule has 0 aromatic heterocycles. The summed E-state index contributed by atoms with van der Waals surface area (Å²) in [6.45, 7) is 3.70. The molecule has 54 heavy (non-hydrogen) atoms. The van der Waals surface area contributed by atoms with E-state index in [0.29, 0.717) is 6.42 Å². The second-order valence-electron chi connectivity index (χ2n) is 15.4. The number of hydrogen-bond donors (Lipinski definition) is 2. The molecule has 0 saturated heterocycles. The zero-order valence-electron chi connectivity index (χ0n) is 35.1. The van der Waals surface area contributed by atoms with Gasteiger partial charge in [-0.2, -0.15) is 0 Å². The minimum Gasteiger partial charge on any atom is -0.462 e. The van der Waals surface area contributed by atoms with Crippen molar-refractivity contribution < 1.29 is 37.9 Å². The Morgan fingerprint density at radius 1 is 0.463 bits per heavy atom. The molecular formula is C45H85O8P. The standard InChI is InChI=1S/C45H85O8P/c1-3-5-7-9-11-13-15-17-19-21-22-24-25-27-29-31-33-35-37-39-44(46)51-41-43(42-52-54(48,49)50)53-45(47)40-38-36-34-32-30-28-26-23-20-18-16-14-12-10-8-6-4-2/h17-20,43H,3-16,21-42H2,1-2H3,(H2,48,49,50)/b19-17+,20-18+/t43-/m1/s1. The number of carbonyl (C=O) groups excluding carboxylic acids is 2. The lowest BCUT2D eigenvalue weighted by Gasteiger charge is -2.18. The predicted octanol–water partition coefficient (Wildman–Crippen LogP) is 14.0. The maximum atomic E-state index is 12.4. The Morgan fingerprint density at radius 3 is 1.13 bits per heavy atom. The fourth-order valence-electron chi connectivity index (χ4n) is 6.54. The van der Waals surface area contributed by atoms with Crippen LogP contribution in [0, 0.1) is 0 Å². The summed E-state index contributed by atoms with van der Waals surface area (Å²) < 4.78 is 26.4. The van der Waals surface area contributed by atoms with E-state index in [2.05, 4.69) is 42.7 Å². The summed E-state index contributed by atoms with van der Waals surface area (Å²) in [6, 6.07) is 0. The zero-order chi connectivity index (χ0) is 39.6. The third-order valence-electron chi connectivity index (χ3n) is 9.94. The molecule has 8 nitrogen and oxygen atoms in total. The quantitative estimate of drug-likeness (QED) is 0.0272. The van der Waals surface area contributed by atoms with Crippen molar-refractivity contribution in [1.29, 1.82) is 0 Å². The van der Waals surface area contributed by atoms with E-state index in [4.69, 9.17) is 19.3 Å². The van der Waals surface area contributed by atoms with Gasteiger partial charge in [0.15, 0.2) is 6.10 Å². The van der Waals surface area contributed by atoms with Gasteiger partial charge in [0, 0.05) is 12.8 Å². The van der Waals surface area contributed by atoms with Gasteiger partial charge in [0.1, 0.15) is 6.61 Å². The van der Waals surface area contributed by atoms with Gasteiger partial charge in [-0.25, -0.2) is 4.57 Å². The number of phosphoric ester groups is 1. The van der Waals surface area contributed by atoms with Gasteiger partial charge in [0.25, 0.3) is 0 Å². The van der Waals surface area contributed by atoms with Gasteiger partial charge in [-0.3, -0.25) is 14.1 Å². The summed E-state index contributed by atoms with van der Waals surface area (Å²) in [6.07, 6.45) is 47.5. The fraction of sp³-hybridized carbons (Fsp3) is 0.867. The molecule has 318 valence electrons. The number of rotatable bonds is 42. The second kappa shape index (κ2) is 41.2. The molecule has 0 rings (SSSR count). The lowest BCUT2D eigenvalue weighted by Crippen LogP contribution is -2.29. The molecule has 0 aromatic rings. The van der Waals surface area contributed by atoms with E-state index in [-0.39, 0.29) is 19.4 Å². The summed E-state index contributed by atoms with van der Waals surface area (Å²) in [5, 5.41) is 0. The molecule has 0 bridgehead atoms. The van der Waals surface area contributed by atoms with Crippen LogP contribution in [-0.4, -0.2) is 41.0 Å². The molecule has 0 fully saturated rings. The molecule has 0 radical (unpaired) electrons. The van der Waals surface area contributed by atoms with Gasteiger partial charge in [0.05, 0.1) is 6.61 Å². The Labute approximate surface area is 332 Å². The Hall–Kier alpha value is -1.47. The SMILES string of the molecule is CCCCCCCC/C=C/CCCCCCCCCCCC(=O)OC[C@H](COP(=O)(O)O)OC(=O)CCCCCCCCC/C=C/CCCCCCCC. The normalized spacial score (nSPS) is 12.6. The molecule has 9 heteroatoms. The van der Waals surface area contributed by atoms with Crippen molar-refractivity contribution in [2.75, 3.05) is 13.2 Å². The van der Waals surface area contributed by atoms with Crippen molar-refractivity contribution in [3.8, 4) is 0 Å². The highest BCUT2D eigenvalue weighted by Crippen LogP contribution is 2.36. The Balaban J connectivity index is 3.87. The molecule has 0 aliphatic heterocycles. The molecule has 0 saturated carbocycles. The highest BCUT2D eigenvalue weighted by molar-refractivity contribution is 7.46. The molecular weight excluding hydrogens is 699 g/mol. The molecule has 0 aliphatic carbocycles. The number of carbonyl (C=O) groups is 2. The molecule has 0 heterocycles. The Kier molecular flexibility index (Phi) is 40.1. The highest BCUT2D eigenvalue weighted by Gasteiger charge is 2.22. The maximum Gasteiger partial charge on any atom is 0.469 e. The first-order valence-electron chi connectivity index (χ1n) is 22.6. The minimum atomic E-state index is -4.75. The van der Waals surface area contributed by atoms with E-state index in [9.17, 15) is 14.2 Å². The summed E-state index contributed by atoms with van der Waals surface area (Å²) in [5.74, 6) is -0.883. The average molecular weight is 785 g/mol. The van der Waals surface area contributed by atoms with Crippen LogP contribution in [0.2, 0.25) is 0 Å². The van der Waals surface area contributed by atoms with Crippen LogP contribution in [0.1, 0.15) is 232 Å². The minimum absolute atomic E-state index is 0.209. The summed E-state index contributed by atoms with van der Waals surface area (Å²) in [4.78, 5) is 42.9. The van der Waals surface area contributed by atoms with Crippen LogP contribution in [0.15, 0.2) is 24.3 Å². The monoisotopic (exact) mass is 785 g/mol. The van der Waals surface area contributed by atoms with Crippen LogP contribution in [0.5, 0.6) is 0 Å². The largest absolute Gasteiger partial charge is 0.469 e. The van der Waals surface area contributed by atoms with Crippen LogP contribution < -0.4 is 0 Å². The highest BCUT2D eigenvalue weighted by atomic mass is 31.2. The summed E-state index contributed by atoms with van der Waals surface area (Å²) in [7, 11) is -4.75. The number of phosphoric acid groups is 1.